The zero-order valence-corrected chi connectivity index (χ0v) is 22.7. The van der Waals surface area contributed by atoms with Crippen molar-refractivity contribution in [3.63, 3.8) is 0 Å². The van der Waals surface area contributed by atoms with E-state index in [1.807, 2.05) is 13.8 Å². The molecule has 184 valence electrons. The van der Waals surface area contributed by atoms with E-state index < -0.39 is 10.0 Å². The van der Waals surface area contributed by atoms with E-state index in [1.165, 1.54) is 12.8 Å². The summed E-state index contributed by atoms with van der Waals surface area (Å²) < 4.78 is 37.2. The van der Waals surface area contributed by atoms with Crippen LogP contribution >= 0.6 is 24.0 Å². The Morgan fingerprint density at radius 3 is 2.29 bits per heavy atom. The summed E-state index contributed by atoms with van der Waals surface area (Å²) in [6.07, 6.45) is 2.40. The van der Waals surface area contributed by atoms with Gasteiger partial charge < -0.3 is 24.6 Å². The van der Waals surface area contributed by atoms with E-state index in [-0.39, 0.29) is 42.4 Å². The lowest BCUT2D eigenvalue weighted by molar-refractivity contribution is 0.0904. The third-order valence-electron chi connectivity index (χ3n) is 5.80. The molecule has 0 spiro atoms. The van der Waals surface area contributed by atoms with Crippen LogP contribution in [-0.4, -0.2) is 120 Å². The minimum atomic E-state index is -3.27. The van der Waals surface area contributed by atoms with E-state index in [4.69, 9.17) is 9.47 Å². The Hall–Kier alpha value is -0.210. The second-order valence-electron chi connectivity index (χ2n) is 8.33. The third kappa shape index (κ3) is 10.1. The van der Waals surface area contributed by atoms with Crippen LogP contribution in [0.15, 0.2) is 4.99 Å². The molecular weight excluding hydrogens is 533 g/mol. The summed E-state index contributed by atoms with van der Waals surface area (Å²) in [6, 6.07) is 0. The molecule has 2 aliphatic rings. The van der Waals surface area contributed by atoms with E-state index in [2.05, 4.69) is 20.1 Å². The van der Waals surface area contributed by atoms with Crippen molar-refractivity contribution in [2.75, 3.05) is 85.5 Å². The number of guanidine groups is 1. The second kappa shape index (κ2) is 14.8. The summed E-state index contributed by atoms with van der Waals surface area (Å²) in [6.45, 7) is 11.3. The van der Waals surface area contributed by atoms with Gasteiger partial charge in [-0.2, -0.15) is 4.31 Å². The number of sulfonamides is 1. The summed E-state index contributed by atoms with van der Waals surface area (Å²) >= 11 is 0. The molecule has 2 aliphatic heterocycles. The molecule has 0 bridgehead atoms. The van der Waals surface area contributed by atoms with Gasteiger partial charge >= 0.3 is 0 Å². The number of nitrogens with zero attached hydrogens (tertiary/aromatic N) is 4. The summed E-state index contributed by atoms with van der Waals surface area (Å²) in [5.74, 6) is 1.56. The van der Waals surface area contributed by atoms with Gasteiger partial charge in [0.15, 0.2) is 5.96 Å². The molecule has 31 heavy (non-hydrogen) atoms. The highest BCUT2D eigenvalue weighted by atomic mass is 127. The normalized spacial score (nSPS) is 20.2. The van der Waals surface area contributed by atoms with Gasteiger partial charge in [-0.25, -0.2) is 8.42 Å². The number of halogens is 1. The predicted molar refractivity (Wildman–Crippen MR) is 136 cm³/mol. The molecule has 0 aromatic rings. The number of methoxy groups -OCH3 is 1. The number of ether oxygens (including phenoxy) is 2. The largest absolute Gasteiger partial charge is 0.383 e. The lowest BCUT2D eigenvalue weighted by Crippen LogP contribution is -2.54. The summed E-state index contributed by atoms with van der Waals surface area (Å²) in [7, 11) is 0.274. The van der Waals surface area contributed by atoms with E-state index in [9.17, 15) is 8.42 Å². The molecule has 1 N–H and O–H groups in total. The Balaban J connectivity index is 0.00000480. The smallest absolute Gasteiger partial charge is 0.216 e. The number of rotatable bonds is 10. The second-order valence-corrected chi connectivity index (χ2v) is 10.4. The number of aliphatic imine (C=N–C) groups is 1. The van der Waals surface area contributed by atoms with Gasteiger partial charge in [-0.3, -0.25) is 4.99 Å². The average Bonchev–Trinajstić information content (AvgIpc) is 2.73. The van der Waals surface area contributed by atoms with Crippen LogP contribution in [0.1, 0.15) is 26.7 Å². The van der Waals surface area contributed by atoms with E-state index in [0.29, 0.717) is 32.1 Å². The van der Waals surface area contributed by atoms with Crippen LogP contribution in [0.4, 0.5) is 0 Å². The molecule has 2 fully saturated rings. The molecule has 2 rings (SSSR count). The molecule has 2 heterocycles. The monoisotopic (exact) mass is 575 g/mol. The number of piperidine rings is 1. The molecule has 0 atom stereocenters. The molecule has 0 radical (unpaired) electrons. The highest BCUT2D eigenvalue weighted by Gasteiger charge is 2.28. The van der Waals surface area contributed by atoms with Gasteiger partial charge in [-0.05, 0) is 45.7 Å². The summed E-state index contributed by atoms with van der Waals surface area (Å²) in [4.78, 5) is 9.04. The molecule has 0 aliphatic carbocycles. The first-order valence-electron chi connectivity index (χ1n) is 11.1. The quantitative estimate of drug-likeness (QED) is 0.236. The lowest BCUT2D eigenvalue weighted by atomic mass is 9.97. The van der Waals surface area contributed by atoms with Crippen LogP contribution in [0.3, 0.4) is 0 Å². The van der Waals surface area contributed by atoms with Gasteiger partial charge in [0.2, 0.25) is 10.0 Å². The van der Waals surface area contributed by atoms with Gasteiger partial charge in [0.1, 0.15) is 0 Å². The van der Waals surface area contributed by atoms with Gasteiger partial charge in [0.05, 0.1) is 25.1 Å². The van der Waals surface area contributed by atoms with E-state index >= 15 is 0 Å². The third-order valence-corrected chi connectivity index (χ3v) is 7.64. The maximum Gasteiger partial charge on any atom is 0.216 e. The van der Waals surface area contributed by atoms with Crippen molar-refractivity contribution in [1.29, 1.82) is 0 Å². The summed E-state index contributed by atoms with van der Waals surface area (Å²) in [5.41, 5.74) is 0. The van der Waals surface area contributed by atoms with Crippen molar-refractivity contribution < 1.29 is 17.9 Å². The first kappa shape index (κ1) is 28.8. The Bertz CT molecular complexity index is 619. The SMILES string of the molecule is CN=C(NCC1CCN(CCOC)CC1)N1CCN(S(=O)(=O)CCOC(C)C)CC1.I. The Kier molecular flexibility index (Phi) is 13.8. The lowest BCUT2D eigenvalue weighted by Gasteiger charge is -2.37. The van der Waals surface area contributed by atoms with Crippen LogP contribution in [0.5, 0.6) is 0 Å². The topological polar surface area (TPSA) is 86.7 Å². The highest BCUT2D eigenvalue weighted by Crippen LogP contribution is 2.16. The summed E-state index contributed by atoms with van der Waals surface area (Å²) in [5, 5.41) is 3.51. The van der Waals surface area contributed by atoms with Crippen LogP contribution in [-0.2, 0) is 19.5 Å². The van der Waals surface area contributed by atoms with Crippen molar-refractivity contribution in [3.05, 3.63) is 0 Å². The van der Waals surface area contributed by atoms with Crippen LogP contribution in [0.25, 0.3) is 0 Å². The molecule has 0 aromatic heterocycles. The van der Waals surface area contributed by atoms with Crippen molar-refractivity contribution in [2.45, 2.75) is 32.8 Å². The molecule has 0 aromatic carbocycles. The first-order valence-corrected chi connectivity index (χ1v) is 12.7. The van der Waals surface area contributed by atoms with Crippen molar-refractivity contribution in [1.82, 2.24) is 19.4 Å². The maximum absolute atomic E-state index is 12.5. The number of hydrogen-bond acceptors (Lipinski definition) is 6. The molecule has 0 saturated carbocycles. The van der Waals surface area contributed by atoms with Crippen molar-refractivity contribution >= 4 is 40.0 Å². The Labute approximate surface area is 206 Å². The predicted octanol–water partition coefficient (Wildman–Crippen LogP) is 0.911. The number of nitrogens with one attached hydrogen (secondary N) is 1. The zero-order valence-electron chi connectivity index (χ0n) is 19.6. The number of likely N-dealkylation sites (tertiary alicyclic amines) is 1. The minimum Gasteiger partial charge on any atom is -0.383 e. The molecule has 11 heteroatoms. The average molecular weight is 576 g/mol. The molecular formula is C20H42IN5O4S. The van der Waals surface area contributed by atoms with Gasteiger partial charge in [-0.15, -0.1) is 24.0 Å². The molecule has 2 saturated heterocycles. The number of hydrogen-bond donors (Lipinski definition) is 1. The standard InChI is InChI=1S/C20H41N5O4S.HI/c1-18(2)29-15-16-30(26,27)25-11-9-24(10-12-25)20(21-3)22-17-19-5-7-23(8-6-19)13-14-28-4;/h18-19H,5-17H2,1-4H3,(H,21,22);1H. The Morgan fingerprint density at radius 1 is 1.10 bits per heavy atom. The van der Waals surface area contributed by atoms with Crippen LogP contribution in [0.2, 0.25) is 0 Å². The fourth-order valence-electron chi connectivity index (χ4n) is 3.90. The molecule has 9 nitrogen and oxygen atoms in total. The minimum absolute atomic E-state index is 0. The first-order chi connectivity index (χ1) is 14.4. The van der Waals surface area contributed by atoms with Gasteiger partial charge in [0.25, 0.3) is 0 Å². The van der Waals surface area contributed by atoms with Gasteiger partial charge in [0, 0.05) is 53.4 Å². The van der Waals surface area contributed by atoms with Crippen LogP contribution < -0.4 is 5.32 Å². The fourth-order valence-corrected chi connectivity index (χ4v) is 5.18. The van der Waals surface area contributed by atoms with Gasteiger partial charge in [-0.1, -0.05) is 0 Å². The highest BCUT2D eigenvalue weighted by molar-refractivity contribution is 14.0. The van der Waals surface area contributed by atoms with Crippen molar-refractivity contribution in [3.8, 4) is 0 Å². The fraction of sp³-hybridized carbons (Fsp3) is 0.950. The Morgan fingerprint density at radius 2 is 1.74 bits per heavy atom. The maximum atomic E-state index is 12.5. The van der Waals surface area contributed by atoms with E-state index in [1.54, 1.807) is 18.5 Å². The zero-order chi connectivity index (χ0) is 22.0. The molecule has 0 unspecified atom stereocenters. The van der Waals surface area contributed by atoms with Crippen molar-refractivity contribution in [2.24, 2.45) is 10.9 Å². The molecule has 0 amide bonds. The number of piperazine rings is 1. The van der Waals surface area contributed by atoms with Crippen LogP contribution in [0, 0.1) is 5.92 Å². The van der Waals surface area contributed by atoms with E-state index in [0.717, 1.165) is 38.7 Å².